The molecule has 180 valence electrons. The number of rotatable bonds is 8. The Labute approximate surface area is 207 Å². The van der Waals surface area contributed by atoms with Crippen LogP contribution in [0.1, 0.15) is 62.2 Å². The van der Waals surface area contributed by atoms with Gasteiger partial charge in [-0.3, -0.25) is 14.3 Å². The van der Waals surface area contributed by atoms with Gasteiger partial charge in [0.2, 0.25) is 0 Å². The summed E-state index contributed by atoms with van der Waals surface area (Å²) in [6.07, 6.45) is 10.2. The van der Waals surface area contributed by atoms with E-state index in [0.717, 1.165) is 46.8 Å². The summed E-state index contributed by atoms with van der Waals surface area (Å²) in [6, 6.07) is 3.88. The Balaban J connectivity index is 1.57. The minimum absolute atomic E-state index is 0.0758. The number of hydrogen-bond donors (Lipinski definition) is 1. The summed E-state index contributed by atoms with van der Waals surface area (Å²) in [5.41, 5.74) is 4.96. The van der Waals surface area contributed by atoms with Gasteiger partial charge >= 0.3 is 0 Å². The second-order valence-corrected chi connectivity index (χ2v) is 9.71. The summed E-state index contributed by atoms with van der Waals surface area (Å²) in [4.78, 5) is 42.1. The quantitative estimate of drug-likeness (QED) is 0.358. The Kier molecular flexibility index (Phi) is 6.46. The molecule has 0 saturated heterocycles. The number of anilines is 1. The zero-order valence-corrected chi connectivity index (χ0v) is 21.1. The highest BCUT2D eigenvalue weighted by atomic mass is 32.2. The van der Waals surface area contributed by atoms with Gasteiger partial charge in [-0.2, -0.15) is 0 Å². The number of thioether (sulfide) groups is 1. The zero-order valence-electron chi connectivity index (χ0n) is 20.3. The average molecular weight is 489 g/mol. The smallest absolute Gasteiger partial charge is 0.295 e. The molecule has 0 radical (unpaired) electrons. The molecule has 0 unspecified atom stereocenters. The molecule has 10 heteroatoms. The molecule has 1 aliphatic carbocycles. The van der Waals surface area contributed by atoms with E-state index in [-0.39, 0.29) is 17.4 Å². The van der Waals surface area contributed by atoms with E-state index in [1.165, 1.54) is 0 Å². The van der Waals surface area contributed by atoms with E-state index in [4.69, 9.17) is 4.98 Å². The number of aryl methyl sites for hydroxylation is 1. The van der Waals surface area contributed by atoms with Gasteiger partial charge in [0.25, 0.3) is 5.56 Å². The molecule has 9 nitrogen and oxygen atoms in total. The third-order valence-electron chi connectivity index (χ3n) is 6.39. The molecule has 4 heterocycles. The van der Waals surface area contributed by atoms with E-state index in [9.17, 15) is 4.79 Å². The fourth-order valence-corrected chi connectivity index (χ4v) is 4.45. The van der Waals surface area contributed by atoms with Crippen LogP contribution in [0.4, 0.5) is 5.82 Å². The first-order valence-electron chi connectivity index (χ1n) is 11.8. The number of nitrogens with one attached hydrogen (secondary N) is 1. The maximum absolute atomic E-state index is 13.5. The van der Waals surface area contributed by atoms with Crippen molar-refractivity contribution in [3.05, 3.63) is 58.3 Å². The van der Waals surface area contributed by atoms with Crippen LogP contribution >= 0.6 is 11.8 Å². The van der Waals surface area contributed by atoms with Crippen LogP contribution in [0.15, 0.2) is 40.5 Å². The molecule has 1 aliphatic rings. The van der Waals surface area contributed by atoms with Crippen molar-refractivity contribution in [2.45, 2.75) is 63.4 Å². The van der Waals surface area contributed by atoms with Crippen LogP contribution in [-0.2, 0) is 6.54 Å². The molecule has 5 rings (SSSR count). The molecule has 1 saturated carbocycles. The summed E-state index contributed by atoms with van der Waals surface area (Å²) < 4.78 is 1.70. The lowest BCUT2D eigenvalue weighted by molar-refractivity contribution is 0.526. The summed E-state index contributed by atoms with van der Waals surface area (Å²) in [6.45, 7) is 6.40. The third kappa shape index (κ3) is 4.62. The lowest BCUT2D eigenvalue weighted by Crippen LogP contribution is -2.28. The van der Waals surface area contributed by atoms with Crippen LogP contribution in [0.3, 0.4) is 0 Å². The minimum atomic E-state index is -0.220. The molecule has 0 aliphatic heterocycles. The molecule has 0 aromatic carbocycles. The zero-order chi connectivity index (χ0) is 24.5. The third-order valence-corrected chi connectivity index (χ3v) is 7.10. The maximum Gasteiger partial charge on any atom is 0.295 e. The Hall–Kier alpha value is -3.40. The fraction of sp³-hybridized carbons (Fsp3) is 0.400. The molecular weight excluding hydrogens is 460 g/mol. The minimum Gasteiger partial charge on any atom is -0.360 e. The van der Waals surface area contributed by atoms with Crippen LogP contribution in [0.25, 0.3) is 22.6 Å². The summed E-state index contributed by atoms with van der Waals surface area (Å²) in [5.74, 6) is 0.678. The molecular formula is C25H28N8OS. The lowest BCUT2D eigenvalue weighted by Gasteiger charge is -2.18. The first kappa shape index (κ1) is 23.3. The predicted molar refractivity (Wildman–Crippen MR) is 138 cm³/mol. The van der Waals surface area contributed by atoms with Gasteiger partial charge in [0.05, 0.1) is 35.5 Å². The van der Waals surface area contributed by atoms with Crippen LogP contribution in [0.5, 0.6) is 0 Å². The van der Waals surface area contributed by atoms with Gasteiger partial charge in [-0.05, 0) is 51.5 Å². The second kappa shape index (κ2) is 9.69. The molecule has 0 spiro atoms. The van der Waals surface area contributed by atoms with Crippen molar-refractivity contribution in [3.63, 3.8) is 0 Å². The van der Waals surface area contributed by atoms with E-state index in [1.807, 2.05) is 45.4 Å². The van der Waals surface area contributed by atoms with E-state index >= 15 is 0 Å². The second-order valence-electron chi connectivity index (χ2n) is 8.83. The van der Waals surface area contributed by atoms with Gasteiger partial charge in [0, 0.05) is 28.6 Å². The number of fused-ring (bicyclic) bond motifs is 1. The van der Waals surface area contributed by atoms with Crippen molar-refractivity contribution in [1.82, 2.24) is 34.5 Å². The van der Waals surface area contributed by atoms with Crippen molar-refractivity contribution < 1.29 is 0 Å². The van der Waals surface area contributed by atoms with E-state index in [0.29, 0.717) is 29.5 Å². The summed E-state index contributed by atoms with van der Waals surface area (Å²) in [5, 5.41) is 3.16. The van der Waals surface area contributed by atoms with Crippen molar-refractivity contribution in [3.8, 4) is 11.3 Å². The molecule has 4 aromatic rings. The monoisotopic (exact) mass is 488 g/mol. The highest BCUT2D eigenvalue weighted by molar-refractivity contribution is 7.98. The highest BCUT2D eigenvalue weighted by Crippen LogP contribution is 2.43. The fourth-order valence-electron chi connectivity index (χ4n) is 4.09. The Bertz CT molecular complexity index is 1430. The average Bonchev–Trinajstić information content (AvgIpc) is 3.72. The summed E-state index contributed by atoms with van der Waals surface area (Å²) in [7, 11) is 0. The molecule has 1 fully saturated rings. The van der Waals surface area contributed by atoms with Gasteiger partial charge in [0.15, 0.2) is 17.1 Å². The largest absolute Gasteiger partial charge is 0.360 e. The molecule has 4 aromatic heterocycles. The maximum atomic E-state index is 13.5. The van der Waals surface area contributed by atoms with Gasteiger partial charge in [-0.15, -0.1) is 11.8 Å². The van der Waals surface area contributed by atoms with E-state index in [1.54, 1.807) is 28.9 Å². The molecule has 0 bridgehead atoms. The van der Waals surface area contributed by atoms with Gasteiger partial charge in [0.1, 0.15) is 6.33 Å². The molecule has 1 N–H and O–H groups in total. The topological polar surface area (TPSA) is 111 Å². The predicted octanol–water partition coefficient (Wildman–Crippen LogP) is 4.53. The lowest BCUT2D eigenvalue weighted by atomic mass is 10.1. The molecule has 0 amide bonds. The van der Waals surface area contributed by atoms with Crippen LogP contribution < -0.4 is 10.9 Å². The van der Waals surface area contributed by atoms with Gasteiger partial charge in [-0.25, -0.2) is 24.9 Å². The number of pyridine rings is 1. The van der Waals surface area contributed by atoms with Gasteiger partial charge < -0.3 is 5.32 Å². The highest BCUT2D eigenvalue weighted by Gasteiger charge is 2.30. The van der Waals surface area contributed by atoms with E-state index in [2.05, 4.69) is 30.2 Å². The normalized spacial score (nSPS) is 14.3. The summed E-state index contributed by atoms with van der Waals surface area (Å²) >= 11 is 1.64. The van der Waals surface area contributed by atoms with Crippen LogP contribution in [0, 0.1) is 6.92 Å². The van der Waals surface area contributed by atoms with Crippen molar-refractivity contribution in [1.29, 1.82) is 0 Å². The van der Waals surface area contributed by atoms with Crippen LogP contribution in [-0.4, -0.2) is 40.7 Å². The Morgan fingerprint density at radius 3 is 2.66 bits per heavy atom. The Morgan fingerprint density at radius 1 is 1.14 bits per heavy atom. The SMILES string of the molecule is CC[C@H](C)n1c(=O)c(NCc2ccc(SC)cn2)nc2ncc(-c3c(C)ncnc3C3CC3)nc21. The van der Waals surface area contributed by atoms with Crippen LogP contribution in [0.2, 0.25) is 0 Å². The van der Waals surface area contributed by atoms with E-state index < -0.39 is 0 Å². The van der Waals surface area contributed by atoms with Crippen molar-refractivity contribution >= 4 is 28.9 Å². The number of hydrogen-bond acceptors (Lipinski definition) is 9. The molecule has 1 atom stereocenters. The Morgan fingerprint density at radius 2 is 1.97 bits per heavy atom. The standard InChI is InChI=1S/C25H28N8OS/c1-5-14(2)33-24-22(32-23(25(33)34)27-10-17-8-9-18(35-4)11-26-17)28-12-19(31-24)20-15(3)29-13-30-21(20)16-6-7-16/h8-9,11-14,16H,5-7,10H2,1-4H3,(H,27,28,32)/t14-/m0/s1. The van der Waals surface area contributed by atoms with Crippen molar-refractivity contribution in [2.24, 2.45) is 0 Å². The number of nitrogens with zero attached hydrogens (tertiary/aromatic N) is 7. The first-order chi connectivity index (χ1) is 17.0. The first-order valence-corrected chi connectivity index (χ1v) is 13.1. The van der Waals surface area contributed by atoms with Crippen molar-refractivity contribution in [2.75, 3.05) is 11.6 Å². The number of aromatic nitrogens is 7. The molecule has 35 heavy (non-hydrogen) atoms. The van der Waals surface area contributed by atoms with Gasteiger partial charge in [-0.1, -0.05) is 6.92 Å².